The number of esters is 1. The first-order valence-electron chi connectivity index (χ1n) is 9.96. The summed E-state index contributed by atoms with van der Waals surface area (Å²) in [5.41, 5.74) is 2.09. The van der Waals surface area contributed by atoms with Crippen LogP contribution in [0.5, 0.6) is 5.75 Å². The molecule has 0 saturated carbocycles. The van der Waals surface area contributed by atoms with Gasteiger partial charge < -0.3 is 9.47 Å². The molecule has 1 aromatic heterocycles. The summed E-state index contributed by atoms with van der Waals surface area (Å²) < 4.78 is 46.5. The second-order valence-electron chi connectivity index (χ2n) is 7.75. The number of halogens is 3. The van der Waals surface area contributed by atoms with Crippen LogP contribution in [0.4, 0.5) is 13.2 Å². The highest BCUT2D eigenvalue weighted by atomic mass is 32.1. The molecular weight excluding hydrogens is 443 g/mol. The van der Waals surface area contributed by atoms with Gasteiger partial charge in [-0.25, -0.2) is 0 Å². The van der Waals surface area contributed by atoms with Crippen molar-refractivity contribution in [2.24, 2.45) is 10.9 Å². The Morgan fingerprint density at radius 1 is 1.16 bits per heavy atom. The topological polar surface area (TPSA) is 65.0 Å². The van der Waals surface area contributed by atoms with Crippen LogP contribution in [0.1, 0.15) is 42.0 Å². The van der Waals surface area contributed by atoms with Crippen LogP contribution in [-0.2, 0) is 14.3 Å². The van der Waals surface area contributed by atoms with Crippen LogP contribution >= 0.6 is 11.3 Å². The summed E-state index contributed by atoms with van der Waals surface area (Å²) in [6.07, 6.45) is -3.97. The van der Waals surface area contributed by atoms with Gasteiger partial charge in [-0.3, -0.25) is 14.6 Å². The van der Waals surface area contributed by atoms with E-state index < -0.39 is 24.2 Å². The summed E-state index contributed by atoms with van der Waals surface area (Å²) in [6, 6.07) is 9.18. The van der Waals surface area contributed by atoms with Gasteiger partial charge >= 0.3 is 12.3 Å². The lowest BCUT2D eigenvalue weighted by Crippen LogP contribution is -2.37. The first-order chi connectivity index (χ1) is 15.2. The SMILES string of the molecule is COC(=O)C1C(C)=NC2=C(C(=O)C[C@H](c3cccs3)C2)[C@H]1c1ccc(OC(F)(F)F)cc1. The molecule has 1 unspecified atom stereocenters. The number of hydrogen-bond acceptors (Lipinski definition) is 6. The van der Waals surface area contributed by atoms with Crippen molar-refractivity contribution in [2.45, 2.75) is 38.0 Å². The highest BCUT2D eigenvalue weighted by Crippen LogP contribution is 2.47. The normalized spacial score (nSPS) is 23.5. The summed E-state index contributed by atoms with van der Waals surface area (Å²) in [6.45, 7) is 1.71. The van der Waals surface area contributed by atoms with Crippen LogP contribution < -0.4 is 4.74 Å². The van der Waals surface area contributed by atoms with Crippen LogP contribution in [0.25, 0.3) is 0 Å². The molecule has 2 aromatic rings. The fraction of sp³-hybridized carbons (Fsp3) is 0.348. The fourth-order valence-corrected chi connectivity index (χ4v) is 5.28. The maximum Gasteiger partial charge on any atom is 0.573 e. The molecule has 0 saturated heterocycles. The predicted molar refractivity (Wildman–Crippen MR) is 113 cm³/mol. The molecule has 9 heteroatoms. The van der Waals surface area contributed by atoms with Crippen molar-refractivity contribution in [1.29, 1.82) is 0 Å². The minimum Gasteiger partial charge on any atom is -0.468 e. The van der Waals surface area contributed by atoms with Gasteiger partial charge in [-0.2, -0.15) is 0 Å². The van der Waals surface area contributed by atoms with E-state index in [0.717, 1.165) is 4.88 Å². The number of Topliss-reactive ketones (excluding diaryl/α,β-unsaturated/α-hetero) is 1. The number of nitrogens with zero attached hydrogens (tertiary/aromatic N) is 1. The Morgan fingerprint density at radius 3 is 2.47 bits per heavy atom. The number of alkyl halides is 3. The standard InChI is InChI=1S/C23H20F3NO4S/c1-12-19(22(29)30-2)20(13-5-7-15(8-6-13)31-23(24,25)26)21-16(27-12)10-14(11-17(21)28)18-4-3-9-32-18/h3-9,14,19-20H,10-11H2,1-2H3/t14-,19?,20+/m1/s1. The Bertz CT molecular complexity index is 1090. The molecule has 1 aromatic carbocycles. The van der Waals surface area contributed by atoms with Gasteiger partial charge in [-0.05, 0) is 42.5 Å². The molecule has 4 rings (SSSR count). The number of benzene rings is 1. The van der Waals surface area contributed by atoms with Crippen LogP contribution in [0.15, 0.2) is 58.0 Å². The molecule has 2 heterocycles. The molecule has 0 amide bonds. The molecule has 3 atom stereocenters. The molecule has 168 valence electrons. The number of rotatable bonds is 4. The summed E-state index contributed by atoms with van der Waals surface area (Å²) in [7, 11) is 1.26. The van der Waals surface area contributed by atoms with Crippen LogP contribution in [0.2, 0.25) is 0 Å². The molecule has 0 spiro atoms. The van der Waals surface area contributed by atoms with E-state index >= 15 is 0 Å². The third-order valence-electron chi connectivity index (χ3n) is 5.76. The van der Waals surface area contributed by atoms with Gasteiger partial charge in [-0.15, -0.1) is 24.5 Å². The number of carbonyl (C=O) groups excluding carboxylic acids is 2. The van der Waals surface area contributed by atoms with Crippen molar-refractivity contribution in [3.05, 3.63) is 63.5 Å². The number of carbonyl (C=O) groups is 2. The second-order valence-corrected chi connectivity index (χ2v) is 8.73. The first kappa shape index (κ1) is 22.3. The lowest BCUT2D eigenvalue weighted by Gasteiger charge is -2.36. The second kappa shape index (κ2) is 8.54. The predicted octanol–water partition coefficient (Wildman–Crippen LogP) is 5.39. The zero-order valence-electron chi connectivity index (χ0n) is 17.3. The number of thiophene rings is 1. The van der Waals surface area contributed by atoms with Gasteiger partial charge in [-0.1, -0.05) is 18.2 Å². The van der Waals surface area contributed by atoms with E-state index in [1.165, 1.54) is 31.4 Å². The minimum absolute atomic E-state index is 0.00990. The number of methoxy groups -OCH3 is 1. The molecule has 32 heavy (non-hydrogen) atoms. The lowest BCUT2D eigenvalue weighted by molar-refractivity contribution is -0.274. The quantitative estimate of drug-likeness (QED) is 0.570. The maximum absolute atomic E-state index is 13.3. The molecule has 1 aliphatic carbocycles. The van der Waals surface area contributed by atoms with Crippen molar-refractivity contribution in [3.63, 3.8) is 0 Å². The summed E-state index contributed by atoms with van der Waals surface area (Å²) in [5.74, 6) is -2.56. The third kappa shape index (κ3) is 4.34. The van der Waals surface area contributed by atoms with E-state index in [1.54, 1.807) is 18.3 Å². The van der Waals surface area contributed by atoms with Gasteiger partial charge in [0, 0.05) is 40.1 Å². The molecule has 2 aliphatic rings. The number of hydrogen-bond donors (Lipinski definition) is 0. The Morgan fingerprint density at radius 2 is 1.88 bits per heavy atom. The maximum atomic E-state index is 13.3. The summed E-state index contributed by atoms with van der Waals surface area (Å²) in [4.78, 5) is 31.6. The Kier molecular flexibility index (Phi) is 5.94. The molecule has 0 radical (unpaired) electrons. The summed E-state index contributed by atoms with van der Waals surface area (Å²) >= 11 is 1.58. The van der Waals surface area contributed by atoms with E-state index in [1.807, 2.05) is 17.5 Å². The largest absolute Gasteiger partial charge is 0.573 e. The van der Waals surface area contributed by atoms with Crippen molar-refractivity contribution >= 4 is 28.8 Å². The van der Waals surface area contributed by atoms with Crippen molar-refractivity contribution in [1.82, 2.24) is 0 Å². The van der Waals surface area contributed by atoms with Crippen molar-refractivity contribution in [3.8, 4) is 5.75 Å². The van der Waals surface area contributed by atoms with Gasteiger partial charge in [0.15, 0.2) is 5.78 Å². The smallest absolute Gasteiger partial charge is 0.468 e. The molecule has 5 nitrogen and oxygen atoms in total. The zero-order chi connectivity index (χ0) is 23.0. The van der Waals surface area contributed by atoms with E-state index in [9.17, 15) is 22.8 Å². The number of ketones is 1. The Balaban J connectivity index is 1.76. The van der Waals surface area contributed by atoms with E-state index in [-0.39, 0.29) is 23.9 Å². The Labute approximate surface area is 186 Å². The monoisotopic (exact) mass is 463 g/mol. The van der Waals surface area contributed by atoms with Crippen LogP contribution in [0.3, 0.4) is 0 Å². The van der Waals surface area contributed by atoms with E-state index in [2.05, 4.69) is 9.73 Å². The molecular formula is C23H20F3NO4S. The van der Waals surface area contributed by atoms with Gasteiger partial charge in [0.05, 0.1) is 7.11 Å². The van der Waals surface area contributed by atoms with E-state index in [4.69, 9.17) is 4.74 Å². The van der Waals surface area contributed by atoms with Gasteiger partial charge in [0.2, 0.25) is 0 Å². The lowest BCUT2D eigenvalue weighted by atomic mass is 9.70. The van der Waals surface area contributed by atoms with Crippen LogP contribution in [0, 0.1) is 5.92 Å². The van der Waals surface area contributed by atoms with Gasteiger partial charge in [0.25, 0.3) is 0 Å². The fourth-order valence-electron chi connectivity index (χ4n) is 4.45. The van der Waals surface area contributed by atoms with Crippen molar-refractivity contribution in [2.75, 3.05) is 7.11 Å². The van der Waals surface area contributed by atoms with Crippen molar-refractivity contribution < 1.29 is 32.2 Å². The minimum atomic E-state index is -4.81. The number of aliphatic imine (C=N–C) groups is 1. The number of ether oxygens (including phenoxy) is 2. The van der Waals surface area contributed by atoms with E-state index in [0.29, 0.717) is 29.0 Å². The molecule has 1 aliphatic heterocycles. The molecule has 0 N–H and O–H groups in total. The summed E-state index contributed by atoms with van der Waals surface area (Å²) in [5, 5.41) is 1.96. The van der Waals surface area contributed by atoms with Gasteiger partial charge in [0.1, 0.15) is 11.7 Å². The third-order valence-corrected chi connectivity index (χ3v) is 6.80. The molecule has 0 bridgehead atoms. The zero-order valence-corrected chi connectivity index (χ0v) is 18.1. The Hall–Kier alpha value is -2.94. The average molecular weight is 463 g/mol. The van der Waals surface area contributed by atoms with Crippen LogP contribution in [-0.4, -0.2) is 30.9 Å². The average Bonchev–Trinajstić information content (AvgIpc) is 3.26. The molecule has 0 fully saturated rings. The number of allylic oxidation sites excluding steroid dienone is 2. The highest BCUT2D eigenvalue weighted by Gasteiger charge is 2.44. The highest BCUT2D eigenvalue weighted by molar-refractivity contribution is 7.10. The first-order valence-corrected chi connectivity index (χ1v) is 10.8.